The van der Waals surface area contributed by atoms with Gasteiger partial charge < -0.3 is 4.74 Å². The van der Waals surface area contributed by atoms with Crippen LogP contribution < -0.4 is 15.8 Å². The molecule has 4 atom stereocenters. The number of imide groups is 1. The molecular weight excluding hydrogens is 438 g/mol. The second kappa shape index (κ2) is 8.58. The Morgan fingerprint density at radius 2 is 1.50 bits per heavy atom. The molecule has 9 heteroatoms. The van der Waals surface area contributed by atoms with E-state index < -0.39 is 24.4 Å². The Balaban J connectivity index is 1.18. The lowest BCUT2D eigenvalue weighted by molar-refractivity contribution is -0.125. The minimum absolute atomic E-state index is 0.0884. The van der Waals surface area contributed by atoms with Crippen LogP contribution in [0.1, 0.15) is 27.1 Å². The van der Waals surface area contributed by atoms with Crippen LogP contribution in [0, 0.1) is 23.7 Å². The minimum Gasteiger partial charge on any atom is -0.452 e. The molecule has 0 aromatic heterocycles. The van der Waals surface area contributed by atoms with Crippen LogP contribution >= 0.6 is 0 Å². The third-order valence-corrected chi connectivity index (χ3v) is 6.50. The van der Waals surface area contributed by atoms with Crippen molar-refractivity contribution in [3.63, 3.8) is 0 Å². The van der Waals surface area contributed by atoms with E-state index in [2.05, 4.69) is 10.9 Å². The SMILES string of the molecule is O=C(COC(=O)c1cccc(N2C(=O)[C@@H]3[C@H](C2=O)[C@H]2C=C[C@H]3C2)c1)NNC(=O)c1ccccc1. The zero-order valence-corrected chi connectivity index (χ0v) is 18.0. The molecule has 9 nitrogen and oxygen atoms in total. The van der Waals surface area contributed by atoms with E-state index in [1.165, 1.54) is 12.1 Å². The fraction of sp³-hybridized carbons (Fsp3) is 0.240. The molecule has 2 aromatic carbocycles. The van der Waals surface area contributed by atoms with E-state index in [1.807, 2.05) is 12.2 Å². The molecule has 4 amide bonds. The fourth-order valence-electron chi connectivity index (χ4n) is 4.97. The maximum Gasteiger partial charge on any atom is 0.338 e. The number of allylic oxidation sites excluding steroid dienone is 2. The average molecular weight is 459 g/mol. The van der Waals surface area contributed by atoms with Crippen LogP contribution in [0.15, 0.2) is 66.7 Å². The van der Waals surface area contributed by atoms with Crippen molar-refractivity contribution in [3.05, 3.63) is 77.9 Å². The van der Waals surface area contributed by atoms with Crippen molar-refractivity contribution < 1.29 is 28.7 Å². The van der Waals surface area contributed by atoms with Gasteiger partial charge >= 0.3 is 5.97 Å². The Bertz CT molecular complexity index is 1190. The van der Waals surface area contributed by atoms with Gasteiger partial charge in [0.05, 0.1) is 23.1 Å². The third kappa shape index (κ3) is 3.75. The molecule has 2 aromatic rings. The first-order valence-corrected chi connectivity index (χ1v) is 10.9. The van der Waals surface area contributed by atoms with Crippen molar-refractivity contribution in [1.82, 2.24) is 10.9 Å². The Morgan fingerprint density at radius 1 is 0.853 bits per heavy atom. The number of ether oxygens (including phenoxy) is 1. The Labute approximate surface area is 194 Å². The zero-order valence-electron chi connectivity index (χ0n) is 18.0. The highest BCUT2D eigenvalue weighted by Crippen LogP contribution is 2.53. The second-order valence-electron chi connectivity index (χ2n) is 8.51. The molecule has 34 heavy (non-hydrogen) atoms. The third-order valence-electron chi connectivity index (χ3n) is 6.50. The lowest BCUT2D eigenvalue weighted by atomic mass is 9.85. The van der Waals surface area contributed by atoms with Crippen LogP contribution in [0.2, 0.25) is 0 Å². The van der Waals surface area contributed by atoms with Crippen LogP contribution in [0.3, 0.4) is 0 Å². The van der Waals surface area contributed by atoms with Crippen LogP contribution in [0.4, 0.5) is 5.69 Å². The summed E-state index contributed by atoms with van der Waals surface area (Å²) in [6.07, 6.45) is 4.87. The smallest absolute Gasteiger partial charge is 0.338 e. The van der Waals surface area contributed by atoms with Gasteiger partial charge in [-0.15, -0.1) is 0 Å². The van der Waals surface area contributed by atoms with Gasteiger partial charge in [0, 0.05) is 5.56 Å². The standard InChI is InChI=1S/C25H21N3O6/c29-19(26-27-22(30)14-5-2-1-3-6-14)13-34-25(33)17-7-4-8-18(12-17)28-23(31)20-15-9-10-16(11-15)21(20)24(28)32/h1-10,12,15-16,20-21H,11,13H2,(H,26,29)(H,27,30)/t15-,16-,20-,21+/m0/s1. The van der Waals surface area contributed by atoms with Crippen LogP contribution in [-0.2, 0) is 19.1 Å². The molecule has 0 spiro atoms. The molecule has 172 valence electrons. The van der Waals surface area contributed by atoms with Gasteiger partial charge in [-0.25, -0.2) is 9.69 Å². The van der Waals surface area contributed by atoms with E-state index in [0.717, 1.165) is 11.3 Å². The van der Waals surface area contributed by atoms with Crippen molar-refractivity contribution in [2.75, 3.05) is 11.5 Å². The highest BCUT2D eigenvalue weighted by atomic mass is 16.5. The normalized spacial score (nSPS) is 24.2. The lowest BCUT2D eigenvalue weighted by Gasteiger charge is -2.18. The molecule has 1 saturated carbocycles. The zero-order chi connectivity index (χ0) is 23.8. The summed E-state index contributed by atoms with van der Waals surface area (Å²) >= 11 is 0. The molecule has 5 rings (SSSR count). The van der Waals surface area contributed by atoms with Gasteiger partial charge in [0.1, 0.15) is 0 Å². The molecular formula is C25H21N3O6. The summed E-state index contributed by atoms with van der Waals surface area (Å²) in [6.45, 7) is -0.626. The number of hydrogen-bond donors (Lipinski definition) is 2. The van der Waals surface area contributed by atoms with Crippen molar-refractivity contribution in [2.24, 2.45) is 23.7 Å². The number of fused-ring (bicyclic) bond motifs is 5. The first-order valence-electron chi connectivity index (χ1n) is 10.9. The second-order valence-corrected chi connectivity index (χ2v) is 8.51. The number of anilines is 1. The lowest BCUT2D eigenvalue weighted by Crippen LogP contribution is -2.43. The monoisotopic (exact) mass is 459 g/mol. The molecule has 1 saturated heterocycles. The topological polar surface area (TPSA) is 122 Å². The Kier molecular flexibility index (Phi) is 5.45. The molecule has 0 unspecified atom stereocenters. The summed E-state index contributed by atoms with van der Waals surface area (Å²) in [4.78, 5) is 63.5. The summed E-state index contributed by atoms with van der Waals surface area (Å²) in [6, 6.07) is 14.3. The Morgan fingerprint density at radius 3 is 2.18 bits per heavy atom. The summed E-state index contributed by atoms with van der Waals surface area (Å²) in [7, 11) is 0. The molecule has 3 aliphatic rings. The number of benzene rings is 2. The first-order chi connectivity index (χ1) is 16.4. The van der Waals surface area contributed by atoms with Crippen molar-refractivity contribution >= 4 is 35.3 Å². The number of nitrogens with zero attached hydrogens (tertiary/aromatic N) is 1. The predicted octanol–water partition coefficient (Wildman–Crippen LogP) is 1.62. The minimum atomic E-state index is -0.799. The molecule has 2 fully saturated rings. The fourth-order valence-corrected chi connectivity index (χ4v) is 4.97. The van der Waals surface area contributed by atoms with E-state index in [-0.39, 0.29) is 41.0 Å². The summed E-state index contributed by atoms with van der Waals surface area (Å²) in [5, 5.41) is 0. The summed E-state index contributed by atoms with van der Waals surface area (Å²) in [5.41, 5.74) is 5.16. The molecule has 0 radical (unpaired) electrons. The number of hydrogen-bond acceptors (Lipinski definition) is 6. The molecule has 2 N–H and O–H groups in total. The van der Waals surface area contributed by atoms with E-state index in [4.69, 9.17) is 4.74 Å². The highest BCUT2D eigenvalue weighted by molar-refractivity contribution is 6.23. The van der Waals surface area contributed by atoms with Gasteiger partial charge in [-0.05, 0) is 48.6 Å². The maximum atomic E-state index is 13.0. The van der Waals surface area contributed by atoms with Crippen molar-refractivity contribution in [1.29, 1.82) is 0 Å². The average Bonchev–Trinajstić information content (AvgIpc) is 3.55. The van der Waals surface area contributed by atoms with E-state index >= 15 is 0 Å². The molecule has 1 aliphatic heterocycles. The Hall–Kier alpha value is -4.27. The van der Waals surface area contributed by atoms with Crippen LogP contribution in [0.25, 0.3) is 0 Å². The molecule has 1 heterocycles. The van der Waals surface area contributed by atoms with Crippen molar-refractivity contribution in [2.45, 2.75) is 6.42 Å². The van der Waals surface area contributed by atoms with E-state index in [9.17, 15) is 24.0 Å². The van der Waals surface area contributed by atoms with Gasteiger partial charge in [-0.3, -0.25) is 30.0 Å². The first kappa shape index (κ1) is 21.6. The largest absolute Gasteiger partial charge is 0.452 e. The number of rotatable bonds is 5. The van der Waals surface area contributed by atoms with Crippen LogP contribution in [-0.4, -0.2) is 36.2 Å². The molecule has 2 aliphatic carbocycles. The number of carbonyl (C=O) groups excluding carboxylic acids is 5. The van der Waals surface area contributed by atoms with Crippen molar-refractivity contribution in [3.8, 4) is 0 Å². The van der Waals surface area contributed by atoms with Gasteiger partial charge in [-0.2, -0.15) is 0 Å². The van der Waals surface area contributed by atoms with Gasteiger partial charge in [0.15, 0.2) is 6.61 Å². The van der Waals surface area contributed by atoms with Gasteiger partial charge in [0.2, 0.25) is 11.8 Å². The summed E-state index contributed by atoms with van der Waals surface area (Å²) in [5.74, 6) is -3.03. The number of carbonyl (C=O) groups is 5. The molecule has 2 bridgehead atoms. The quantitative estimate of drug-likeness (QED) is 0.303. The summed E-state index contributed by atoms with van der Waals surface area (Å²) < 4.78 is 5.02. The van der Waals surface area contributed by atoms with Gasteiger partial charge in [-0.1, -0.05) is 36.4 Å². The van der Waals surface area contributed by atoms with Crippen LogP contribution in [0.5, 0.6) is 0 Å². The predicted molar refractivity (Wildman–Crippen MR) is 119 cm³/mol. The number of nitrogens with one attached hydrogen (secondary N) is 2. The number of amides is 4. The van der Waals surface area contributed by atoms with E-state index in [1.54, 1.807) is 42.5 Å². The number of hydrazine groups is 1. The highest BCUT2D eigenvalue weighted by Gasteiger charge is 2.59. The van der Waals surface area contributed by atoms with Gasteiger partial charge in [0.25, 0.3) is 11.8 Å². The van der Waals surface area contributed by atoms with E-state index in [0.29, 0.717) is 11.3 Å². The maximum absolute atomic E-state index is 13.0. The number of esters is 1.